The molecule has 0 aliphatic rings. The van der Waals surface area contributed by atoms with Crippen molar-refractivity contribution in [3.8, 4) is 0 Å². The Bertz CT molecular complexity index is 446. The van der Waals surface area contributed by atoms with E-state index in [1.165, 1.54) is 0 Å². The molecule has 154 valence electrons. The lowest BCUT2D eigenvalue weighted by Gasteiger charge is -2.39. The van der Waals surface area contributed by atoms with Crippen LogP contribution in [0.15, 0.2) is 0 Å². The minimum Gasteiger partial charge on any atom is -0.460 e. The van der Waals surface area contributed by atoms with Crippen LogP contribution in [0.4, 0.5) is 0 Å². The van der Waals surface area contributed by atoms with Gasteiger partial charge in [0, 0.05) is 14.2 Å². The number of esters is 1. The van der Waals surface area contributed by atoms with E-state index in [9.17, 15) is 9.59 Å². The van der Waals surface area contributed by atoms with E-state index < -0.39 is 11.7 Å². The van der Waals surface area contributed by atoms with Gasteiger partial charge in [-0.25, -0.2) is 0 Å². The number of hydrogen-bond donors (Lipinski definition) is 1. The highest BCUT2D eigenvalue weighted by Gasteiger charge is 2.37. The molecule has 0 aliphatic carbocycles. The normalized spacial score (nSPS) is 16.7. The Hall–Kier alpha value is -1.14. The third-order valence-electron chi connectivity index (χ3n) is 4.74. The lowest BCUT2D eigenvalue weighted by molar-refractivity contribution is -0.160. The maximum atomic E-state index is 13.0. The number of carbonyl (C=O) groups is 2. The quantitative estimate of drug-likeness (QED) is 0.597. The Kier molecular flexibility index (Phi) is 10.4. The molecule has 6 heteroatoms. The van der Waals surface area contributed by atoms with Crippen LogP contribution in [0.2, 0.25) is 0 Å². The molecular weight excluding hydrogens is 332 g/mol. The second kappa shape index (κ2) is 10.9. The van der Waals surface area contributed by atoms with Crippen LogP contribution in [0.3, 0.4) is 0 Å². The number of amides is 1. The van der Waals surface area contributed by atoms with Crippen LogP contribution in [-0.2, 0) is 19.1 Å². The first-order valence-electron chi connectivity index (χ1n) is 9.58. The van der Waals surface area contributed by atoms with Crippen molar-refractivity contribution >= 4 is 11.9 Å². The van der Waals surface area contributed by atoms with Gasteiger partial charge >= 0.3 is 5.97 Å². The summed E-state index contributed by atoms with van der Waals surface area (Å²) in [5.74, 6) is 0.0481. The van der Waals surface area contributed by atoms with Crippen molar-refractivity contribution in [3.63, 3.8) is 0 Å². The average molecular weight is 373 g/mol. The Labute approximate surface area is 160 Å². The number of ether oxygens (including phenoxy) is 2. The summed E-state index contributed by atoms with van der Waals surface area (Å²) in [6.07, 6.45) is 0.577. The minimum absolute atomic E-state index is 0.0130. The molecule has 0 heterocycles. The Morgan fingerprint density at radius 3 is 2.04 bits per heavy atom. The van der Waals surface area contributed by atoms with Gasteiger partial charge in [-0.15, -0.1) is 0 Å². The number of rotatable bonds is 10. The Morgan fingerprint density at radius 2 is 1.69 bits per heavy atom. The van der Waals surface area contributed by atoms with E-state index in [4.69, 9.17) is 9.47 Å². The number of likely N-dealkylation sites (N-methyl/N-ethyl adjacent to an activating group) is 2. The first-order chi connectivity index (χ1) is 11.9. The highest BCUT2D eigenvalue weighted by atomic mass is 16.6. The highest BCUT2D eigenvalue weighted by Crippen LogP contribution is 2.24. The zero-order chi connectivity index (χ0) is 20.7. The fraction of sp³-hybridized carbons (Fsp3) is 0.900. The fourth-order valence-corrected chi connectivity index (χ4v) is 3.24. The number of nitrogens with one attached hydrogen (secondary N) is 1. The van der Waals surface area contributed by atoms with Crippen molar-refractivity contribution < 1.29 is 19.1 Å². The van der Waals surface area contributed by atoms with E-state index in [1.54, 1.807) is 26.1 Å². The van der Waals surface area contributed by atoms with Crippen LogP contribution in [0, 0.1) is 11.8 Å². The summed E-state index contributed by atoms with van der Waals surface area (Å²) in [5.41, 5.74) is -0.544. The van der Waals surface area contributed by atoms with E-state index in [0.717, 1.165) is 6.42 Å². The SMILES string of the molecule is CC[C@H](C)[C@@H]([C@@H](CC(=O)OC(C)(C)C)OC)N(C)C(=O)[C@@H](NC)C(C)C. The van der Waals surface area contributed by atoms with Crippen molar-refractivity contribution in [3.05, 3.63) is 0 Å². The first-order valence-corrected chi connectivity index (χ1v) is 9.58. The summed E-state index contributed by atoms with van der Waals surface area (Å²) in [6, 6.07) is -0.481. The molecule has 1 N–H and O–H groups in total. The van der Waals surface area contributed by atoms with Crippen molar-refractivity contribution in [1.29, 1.82) is 0 Å². The largest absolute Gasteiger partial charge is 0.460 e. The van der Waals surface area contributed by atoms with Crippen molar-refractivity contribution in [2.45, 2.75) is 85.1 Å². The van der Waals surface area contributed by atoms with E-state index in [0.29, 0.717) is 0 Å². The molecule has 0 aromatic heterocycles. The summed E-state index contributed by atoms with van der Waals surface area (Å²) in [4.78, 5) is 27.1. The van der Waals surface area contributed by atoms with Crippen molar-refractivity contribution in [2.24, 2.45) is 11.8 Å². The number of methoxy groups -OCH3 is 1. The van der Waals surface area contributed by atoms with E-state index in [2.05, 4.69) is 19.2 Å². The molecule has 0 saturated carbocycles. The van der Waals surface area contributed by atoms with Crippen LogP contribution in [0.1, 0.15) is 61.3 Å². The lowest BCUT2D eigenvalue weighted by atomic mass is 9.90. The van der Waals surface area contributed by atoms with Gasteiger partial charge in [0.1, 0.15) is 5.60 Å². The molecule has 4 atom stereocenters. The molecule has 6 nitrogen and oxygen atoms in total. The van der Waals surface area contributed by atoms with Gasteiger partial charge in [-0.3, -0.25) is 9.59 Å². The maximum Gasteiger partial charge on any atom is 0.309 e. The van der Waals surface area contributed by atoms with Crippen LogP contribution >= 0.6 is 0 Å². The molecule has 0 fully saturated rings. The zero-order valence-corrected chi connectivity index (χ0v) is 18.4. The smallest absolute Gasteiger partial charge is 0.309 e. The monoisotopic (exact) mass is 372 g/mol. The van der Waals surface area contributed by atoms with Gasteiger partial charge in [0.05, 0.1) is 24.6 Å². The standard InChI is InChI=1S/C20H40N2O4/c1-11-14(4)18(22(9)19(24)17(21-8)13(2)3)15(25-10)12-16(23)26-20(5,6)7/h13-15,17-18,21H,11-12H2,1-10H3/t14-,15+,17-,18-/m0/s1. The summed E-state index contributed by atoms with van der Waals surface area (Å²) in [6.45, 7) is 13.7. The average Bonchev–Trinajstić information content (AvgIpc) is 2.51. The molecule has 26 heavy (non-hydrogen) atoms. The number of hydrogen-bond acceptors (Lipinski definition) is 5. The fourth-order valence-electron chi connectivity index (χ4n) is 3.24. The maximum absolute atomic E-state index is 13.0. The molecule has 0 aromatic rings. The molecule has 0 aromatic carbocycles. The predicted molar refractivity (Wildman–Crippen MR) is 105 cm³/mol. The van der Waals surface area contributed by atoms with Crippen LogP contribution in [0.25, 0.3) is 0 Å². The topological polar surface area (TPSA) is 67.9 Å². The van der Waals surface area contributed by atoms with Gasteiger partial charge in [-0.2, -0.15) is 0 Å². The molecule has 1 amide bonds. The van der Waals surface area contributed by atoms with Gasteiger partial charge < -0.3 is 19.7 Å². The van der Waals surface area contributed by atoms with E-state index >= 15 is 0 Å². The Balaban J connectivity index is 5.49. The summed E-state index contributed by atoms with van der Waals surface area (Å²) in [7, 11) is 5.18. The van der Waals surface area contributed by atoms with E-state index in [-0.39, 0.29) is 42.2 Å². The van der Waals surface area contributed by atoms with E-state index in [1.807, 2.05) is 34.6 Å². The third-order valence-corrected chi connectivity index (χ3v) is 4.74. The third kappa shape index (κ3) is 7.62. The number of nitrogens with zero attached hydrogens (tertiary/aromatic N) is 1. The summed E-state index contributed by atoms with van der Waals surface area (Å²) in [5, 5.41) is 3.10. The highest BCUT2D eigenvalue weighted by molar-refractivity contribution is 5.82. The minimum atomic E-state index is -0.544. The van der Waals surface area contributed by atoms with Gasteiger partial charge in [0.25, 0.3) is 0 Å². The molecule has 0 rings (SSSR count). The number of carbonyl (C=O) groups excluding carboxylic acids is 2. The van der Waals surface area contributed by atoms with Crippen molar-refractivity contribution in [2.75, 3.05) is 21.2 Å². The molecular formula is C20H40N2O4. The van der Waals surface area contributed by atoms with Gasteiger partial charge in [-0.1, -0.05) is 34.1 Å². The van der Waals surface area contributed by atoms with Gasteiger partial charge in [0.15, 0.2) is 0 Å². The van der Waals surface area contributed by atoms with Gasteiger partial charge in [-0.05, 0) is 39.7 Å². The summed E-state index contributed by atoms with van der Waals surface area (Å²) >= 11 is 0. The zero-order valence-electron chi connectivity index (χ0n) is 18.4. The Morgan fingerprint density at radius 1 is 1.15 bits per heavy atom. The second-order valence-electron chi connectivity index (χ2n) is 8.40. The molecule has 0 unspecified atom stereocenters. The summed E-state index contributed by atoms with van der Waals surface area (Å²) < 4.78 is 11.1. The molecule has 0 bridgehead atoms. The van der Waals surface area contributed by atoms with Crippen LogP contribution in [-0.4, -0.2) is 61.8 Å². The predicted octanol–water partition coefficient (Wildman–Crippen LogP) is 2.85. The molecule has 0 aliphatic heterocycles. The molecule has 0 saturated heterocycles. The van der Waals surface area contributed by atoms with Crippen LogP contribution in [0.5, 0.6) is 0 Å². The molecule has 0 spiro atoms. The van der Waals surface area contributed by atoms with Crippen molar-refractivity contribution in [1.82, 2.24) is 10.2 Å². The van der Waals surface area contributed by atoms with Crippen LogP contribution < -0.4 is 5.32 Å². The first kappa shape index (κ1) is 24.9. The van der Waals surface area contributed by atoms with Gasteiger partial charge in [0.2, 0.25) is 5.91 Å². The lowest BCUT2D eigenvalue weighted by Crippen LogP contribution is -2.55. The second-order valence-corrected chi connectivity index (χ2v) is 8.40. The molecule has 0 radical (unpaired) electrons.